The maximum Gasteiger partial charge on any atom is 0.0443 e. The van der Waals surface area contributed by atoms with E-state index in [0.29, 0.717) is 6.04 Å². The fraction of sp³-hybridized carbons (Fsp3) is 0.706. The van der Waals surface area contributed by atoms with E-state index in [-0.39, 0.29) is 0 Å². The minimum absolute atomic E-state index is 0.508. The number of hydrogen-bond acceptors (Lipinski definition) is 4. The fourth-order valence-corrected chi connectivity index (χ4v) is 3.54. The van der Waals surface area contributed by atoms with E-state index in [1.165, 1.54) is 56.7 Å². The van der Waals surface area contributed by atoms with Crippen LogP contribution in [-0.2, 0) is 6.54 Å². The number of hydrogen-bond donors (Lipinski definition) is 1. The third-order valence-corrected chi connectivity index (χ3v) is 4.74. The summed E-state index contributed by atoms with van der Waals surface area (Å²) < 4.78 is 0. The van der Waals surface area contributed by atoms with Crippen molar-refractivity contribution in [1.82, 2.24) is 15.2 Å². The summed E-state index contributed by atoms with van der Waals surface area (Å²) in [6, 6.07) is 3.45. The molecule has 0 spiro atoms. The Kier molecular flexibility index (Phi) is 4.76. The lowest BCUT2D eigenvalue weighted by atomic mass is 10.2. The van der Waals surface area contributed by atoms with E-state index in [2.05, 4.69) is 40.0 Å². The van der Waals surface area contributed by atoms with Crippen LogP contribution in [0, 0.1) is 0 Å². The summed E-state index contributed by atoms with van der Waals surface area (Å²) in [5.74, 6) is 0. The van der Waals surface area contributed by atoms with Gasteiger partial charge in [0, 0.05) is 55.4 Å². The summed E-state index contributed by atoms with van der Waals surface area (Å²) in [4.78, 5) is 9.56. The highest BCUT2D eigenvalue weighted by Gasteiger charge is 2.30. The van der Waals surface area contributed by atoms with Gasteiger partial charge >= 0.3 is 0 Å². The van der Waals surface area contributed by atoms with Crippen LogP contribution in [0.25, 0.3) is 0 Å². The number of aromatic nitrogens is 1. The molecule has 0 bridgehead atoms. The minimum Gasteiger partial charge on any atom is -0.370 e. The molecule has 2 aliphatic rings. The van der Waals surface area contributed by atoms with Crippen molar-refractivity contribution in [2.24, 2.45) is 0 Å². The first-order valence-corrected chi connectivity index (χ1v) is 8.39. The van der Waals surface area contributed by atoms with E-state index >= 15 is 0 Å². The van der Waals surface area contributed by atoms with Gasteiger partial charge in [-0.1, -0.05) is 13.8 Å². The lowest BCUT2D eigenvalue weighted by Crippen LogP contribution is -2.35. The molecular formula is C17H28N4. The van der Waals surface area contributed by atoms with Crippen molar-refractivity contribution < 1.29 is 0 Å². The Morgan fingerprint density at radius 1 is 1.29 bits per heavy atom. The fourth-order valence-electron chi connectivity index (χ4n) is 3.54. The van der Waals surface area contributed by atoms with E-state index in [4.69, 9.17) is 0 Å². The van der Waals surface area contributed by atoms with Gasteiger partial charge in [0.1, 0.15) is 0 Å². The van der Waals surface area contributed by atoms with Gasteiger partial charge in [0.2, 0.25) is 0 Å². The Labute approximate surface area is 128 Å². The predicted molar refractivity (Wildman–Crippen MR) is 87.6 cm³/mol. The Morgan fingerprint density at radius 2 is 2.10 bits per heavy atom. The minimum atomic E-state index is 0.508. The molecule has 2 saturated heterocycles. The zero-order valence-electron chi connectivity index (χ0n) is 13.4. The quantitative estimate of drug-likeness (QED) is 0.900. The Morgan fingerprint density at radius 3 is 2.86 bits per heavy atom. The van der Waals surface area contributed by atoms with Gasteiger partial charge in [0.05, 0.1) is 0 Å². The molecule has 1 aromatic rings. The van der Waals surface area contributed by atoms with Crippen LogP contribution >= 0.6 is 0 Å². The zero-order chi connectivity index (χ0) is 14.7. The van der Waals surface area contributed by atoms with Gasteiger partial charge in [0.15, 0.2) is 0 Å². The van der Waals surface area contributed by atoms with Crippen LogP contribution in [0.15, 0.2) is 18.5 Å². The van der Waals surface area contributed by atoms with Crippen LogP contribution in [0.2, 0.25) is 0 Å². The number of anilines is 1. The van der Waals surface area contributed by atoms with Crippen LogP contribution in [0.3, 0.4) is 0 Å². The third-order valence-electron chi connectivity index (χ3n) is 4.74. The Bertz CT molecular complexity index is 454. The SMILES string of the molecule is CC(C)NCc1cnccc1N1CCC(N2CCCC2)C1. The zero-order valence-corrected chi connectivity index (χ0v) is 13.4. The van der Waals surface area contributed by atoms with Gasteiger partial charge in [-0.15, -0.1) is 0 Å². The molecular weight excluding hydrogens is 260 g/mol. The van der Waals surface area contributed by atoms with Gasteiger partial charge in [-0.05, 0) is 38.4 Å². The molecule has 0 amide bonds. The van der Waals surface area contributed by atoms with E-state index in [9.17, 15) is 0 Å². The molecule has 2 aliphatic heterocycles. The Hall–Kier alpha value is -1.13. The van der Waals surface area contributed by atoms with E-state index < -0.39 is 0 Å². The highest BCUT2D eigenvalue weighted by molar-refractivity contribution is 5.53. The second-order valence-electron chi connectivity index (χ2n) is 6.67. The highest BCUT2D eigenvalue weighted by Crippen LogP contribution is 2.27. The average molecular weight is 288 g/mol. The molecule has 1 N–H and O–H groups in total. The smallest absolute Gasteiger partial charge is 0.0443 e. The number of nitrogens with zero attached hydrogens (tertiary/aromatic N) is 3. The molecule has 4 nitrogen and oxygen atoms in total. The molecule has 1 atom stereocenters. The maximum atomic E-state index is 4.31. The maximum absolute atomic E-state index is 4.31. The van der Waals surface area contributed by atoms with Crippen molar-refractivity contribution >= 4 is 5.69 Å². The largest absolute Gasteiger partial charge is 0.370 e. The lowest BCUT2D eigenvalue weighted by molar-refractivity contribution is 0.260. The number of likely N-dealkylation sites (tertiary alicyclic amines) is 1. The van der Waals surface area contributed by atoms with E-state index in [1.807, 2.05) is 12.4 Å². The number of nitrogens with one attached hydrogen (secondary N) is 1. The first kappa shape index (κ1) is 14.8. The van der Waals surface area contributed by atoms with Crippen LogP contribution in [0.4, 0.5) is 5.69 Å². The van der Waals surface area contributed by atoms with E-state index in [1.54, 1.807) is 0 Å². The first-order valence-electron chi connectivity index (χ1n) is 8.39. The van der Waals surface area contributed by atoms with Gasteiger partial charge < -0.3 is 10.2 Å². The summed E-state index contributed by atoms with van der Waals surface area (Å²) in [6.07, 6.45) is 8.02. The van der Waals surface area contributed by atoms with Gasteiger partial charge in [-0.3, -0.25) is 9.88 Å². The van der Waals surface area contributed by atoms with Crippen LogP contribution in [0.1, 0.15) is 38.7 Å². The highest BCUT2D eigenvalue weighted by atomic mass is 15.3. The molecule has 21 heavy (non-hydrogen) atoms. The van der Waals surface area contributed by atoms with Crippen molar-refractivity contribution in [2.75, 3.05) is 31.1 Å². The van der Waals surface area contributed by atoms with Gasteiger partial charge in [-0.25, -0.2) is 0 Å². The van der Waals surface area contributed by atoms with Crippen LogP contribution in [-0.4, -0.2) is 48.1 Å². The molecule has 0 saturated carbocycles. The third kappa shape index (κ3) is 3.55. The molecule has 0 aromatic carbocycles. The van der Waals surface area contributed by atoms with Gasteiger partial charge in [-0.2, -0.15) is 0 Å². The van der Waals surface area contributed by atoms with Crippen LogP contribution in [0.5, 0.6) is 0 Å². The number of rotatable bonds is 5. The lowest BCUT2D eigenvalue weighted by Gasteiger charge is -2.26. The molecule has 1 unspecified atom stereocenters. The summed E-state index contributed by atoms with van der Waals surface area (Å²) >= 11 is 0. The van der Waals surface area contributed by atoms with Gasteiger partial charge in [0.25, 0.3) is 0 Å². The topological polar surface area (TPSA) is 31.4 Å². The molecule has 4 heteroatoms. The standard InChI is InChI=1S/C17H28N4/c1-14(2)19-12-15-11-18-7-5-17(15)21-10-6-16(13-21)20-8-3-4-9-20/h5,7,11,14,16,19H,3-4,6,8-10,12-13H2,1-2H3. The molecule has 0 radical (unpaired) electrons. The van der Waals surface area contributed by atoms with Crippen molar-refractivity contribution in [3.8, 4) is 0 Å². The molecule has 3 heterocycles. The number of pyridine rings is 1. The molecule has 3 rings (SSSR count). The van der Waals surface area contributed by atoms with Crippen molar-refractivity contribution in [3.05, 3.63) is 24.0 Å². The predicted octanol–water partition coefficient (Wildman–Crippen LogP) is 2.25. The molecule has 2 fully saturated rings. The normalized spacial score (nSPS) is 23.4. The first-order chi connectivity index (χ1) is 10.2. The van der Waals surface area contributed by atoms with E-state index in [0.717, 1.165) is 12.6 Å². The van der Waals surface area contributed by atoms with Crippen LogP contribution < -0.4 is 10.2 Å². The summed E-state index contributed by atoms with van der Waals surface area (Å²) in [5, 5.41) is 3.51. The monoisotopic (exact) mass is 288 g/mol. The Balaban J connectivity index is 1.66. The second kappa shape index (κ2) is 6.75. The van der Waals surface area contributed by atoms with Crippen molar-refractivity contribution in [3.63, 3.8) is 0 Å². The van der Waals surface area contributed by atoms with Crippen molar-refractivity contribution in [1.29, 1.82) is 0 Å². The summed E-state index contributed by atoms with van der Waals surface area (Å²) in [6.45, 7) is 10.3. The van der Waals surface area contributed by atoms with Crippen molar-refractivity contribution in [2.45, 2.75) is 51.7 Å². The second-order valence-corrected chi connectivity index (χ2v) is 6.67. The summed E-state index contributed by atoms with van der Waals surface area (Å²) in [7, 11) is 0. The molecule has 0 aliphatic carbocycles. The average Bonchev–Trinajstić information content (AvgIpc) is 3.16. The molecule has 1 aromatic heterocycles. The molecule has 116 valence electrons. The summed E-state index contributed by atoms with van der Waals surface area (Å²) in [5.41, 5.74) is 2.70.